The van der Waals surface area contributed by atoms with Crippen LogP contribution in [0.25, 0.3) is 91.6 Å². The van der Waals surface area contributed by atoms with E-state index < -0.39 is 0 Å². The van der Waals surface area contributed by atoms with Gasteiger partial charge in [-0.3, -0.25) is 0 Å². The van der Waals surface area contributed by atoms with E-state index in [4.69, 9.17) is 4.74 Å². The van der Waals surface area contributed by atoms with Crippen molar-refractivity contribution in [1.82, 2.24) is 4.40 Å². The van der Waals surface area contributed by atoms with Crippen molar-refractivity contribution in [2.45, 2.75) is 0 Å². The van der Waals surface area contributed by atoms with E-state index in [-0.39, 0.29) is 6.71 Å². The number of rotatable bonds is 4. The number of para-hydroxylation sites is 2. The minimum absolute atomic E-state index is 0.0288. The highest BCUT2D eigenvalue weighted by Crippen LogP contribution is 2.49. The normalized spacial score (nSPS) is 12.6. The van der Waals surface area contributed by atoms with Crippen molar-refractivity contribution in [3.8, 4) is 44.9 Å². The van der Waals surface area contributed by atoms with Gasteiger partial charge >= 0.3 is 0 Å². The Morgan fingerprint density at radius 2 is 0.983 bits per heavy atom. The number of fused-ring (bicyclic) bond motifs is 12. The number of aromatic nitrogens is 1. The molecule has 268 valence electrons. The Morgan fingerprint density at radius 3 is 1.69 bits per heavy atom. The van der Waals surface area contributed by atoms with Gasteiger partial charge in [-0.1, -0.05) is 169 Å². The summed E-state index contributed by atoms with van der Waals surface area (Å²) in [7, 11) is 0. The Bertz CT molecular complexity index is 3510. The molecular weight excluding hydrogens is 721 g/mol. The summed E-state index contributed by atoms with van der Waals surface area (Å²) in [6.45, 7) is -0.0288. The van der Waals surface area contributed by atoms with Crippen molar-refractivity contribution in [1.29, 1.82) is 0 Å². The summed E-state index contributed by atoms with van der Waals surface area (Å²) in [6.07, 6.45) is 0. The van der Waals surface area contributed by atoms with Crippen LogP contribution in [-0.2, 0) is 0 Å². The molecule has 0 amide bonds. The Labute approximate surface area is 339 Å². The van der Waals surface area contributed by atoms with Gasteiger partial charge in [0.15, 0.2) is 0 Å². The first-order valence-electron chi connectivity index (χ1n) is 19.9. The van der Waals surface area contributed by atoms with Gasteiger partial charge in [-0.05, 0) is 74.6 Å². The third-order valence-electron chi connectivity index (χ3n) is 12.4. The molecule has 9 aromatic carbocycles. The highest BCUT2D eigenvalue weighted by molar-refractivity contribution is 7.27. The maximum atomic E-state index is 6.72. The zero-order chi connectivity index (χ0) is 37.9. The minimum atomic E-state index is -0.0288. The van der Waals surface area contributed by atoms with E-state index in [1.54, 1.807) is 0 Å². The Hall–Kier alpha value is -7.14. The van der Waals surface area contributed by atoms with Crippen LogP contribution in [0, 0.1) is 0 Å². The van der Waals surface area contributed by atoms with Gasteiger partial charge in [0, 0.05) is 41.7 Å². The molecular formula is C54H32BNOS. The van der Waals surface area contributed by atoms with Crippen molar-refractivity contribution in [3.63, 3.8) is 0 Å². The van der Waals surface area contributed by atoms with Gasteiger partial charge in [0.25, 0.3) is 6.71 Å². The molecule has 13 rings (SSSR count). The van der Waals surface area contributed by atoms with Gasteiger partial charge in [-0.2, -0.15) is 0 Å². The lowest BCUT2D eigenvalue weighted by Gasteiger charge is -2.28. The molecule has 2 nitrogen and oxygen atoms in total. The maximum Gasteiger partial charge on any atom is 0.251 e. The van der Waals surface area contributed by atoms with E-state index in [0.29, 0.717) is 0 Å². The lowest BCUT2D eigenvalue weighted by molar-refractivity contribution is 0.487. The first-order valence-corrected chi connectivity index (χ1v) is 20.8. The fraction of sp³-hybridized carbons (Fsp3) is 0. The maximum absolute atomic E-state index is 6.72. The van der Waals surface area contributed by atoms with Crippen molar-refractivity contribution in [2.75, 3.05) is 0 Å². The molecule has 1 aliphatic rings. The van der Waals surface area contributed by atoms with Crippen LogP contribution in [0.1, 0.15) is 0 Å². The molecule has 0 fully saturated rings. The SMILES string of the molecule is c1ccc(-c2ccc3c(c2)B(c2cccc(-c4cccc5c4sc4c5cc5c6ccccc6n6c7ccccc7c4c56)c2)c2cc(-c4ccccc4)ccc2O3)cc1. The largest absolute Gasteiger partial charge is 0.458 e. The second kappa shape index (κ2) is 12.2. The fourth-order valence-electron chi connectivity index (χ4n) is 9.87. The number of hydrogen-bond acceptors (Lipinski definition) is 2. The topological polar surface area (TPSA) is 13.6 Å². The van der Waals surface area contributed by atoms with E-state index >= 15 is 0 Å². The van der Waals surface area contributed by atoms with Gasteiger partial charge in [0.2, 0.25) is 0 Å². The lowest BCUT2D eigenvalue weighted by Crippen LogP contribution is -2.55. The van der Waals surface area contributed by atoms with Crippen molar-refractivity contribution < 1.29 is 4.74 Å². The smallest absolute Gasteiger partial charge is 0.251 e. The highest BCUT2D eigenvalue weighted by atomic mass is 32.1. The predicted octanol–water partition coefficient (Wildman–Crippen LogP) is 12.8. The van der Waals surface area contributed by atoms with Gasteiger partial charge < -0.3 is 9.14 Å². The monoisotopic (exact) mass is 753 g/mol. The minimum Gasteiger partial charge on any atom is -0.458 e. The number of hydrogen-bond donors (Lipinski definition) is 0. The van der Waals surface area contributed by atoms with E-state index in [1.165, 1.54) is 108 Å². The van der Waals surface area contributed by atoms with Crippen LogP contribution in [0.4, 0.5) is 0 Å². The fourth-order valence-corrected chi connectivity index (χ4v) is 11.2. The first-order chi connectivity index (χ1) is 28.8. The van der Waals surface area contributed by atoms with Crippen LogP contribution in [0.5, 0.6) is 11.5 Å². The summed E-state index contributed by atoms with van der Waals surface area (Å²) in [4.78, 5) is 0. The van der Waals surface area contributed by atoms with E-state index in [2.05, 4.69) is 199 Å². The van der Waals surface area contributed by atoms with Crippen molar-refractivity contribution >= 4 is 92.7 Å². The molecule has 12 aromatic rings. The summed E-state index contributed by atoms with van der Waals surface area (Å²) in [5.41, 5.74) is 14.7. The zero-order valence-corrected chi connectivity index (χ0v) is 32.1. The van der Waals surface area contributed by atoms with E-state index in [9.17, 15) is 0 Å². The Kier molecular flexibility index (Phi) is 6.72. The molecule has 0 unspecified atom stereocenters. The quantitative estimate of drug-likeness (QED) is 0.163. The number of thiophene rings is 1. The Morgan fingerprint density at radius 1 is 0.397 bits per heavy atom. The molecule has 0 bridgehead atoms. The van der Waals surface area contributed by atoms with Gasteiger partial charge in [0.05, 0.1) is 16.6 Å². The molecule has 0 N–H and O–H groups in total. The van der Waals surface area contributed by atoms with Gasteiger partial charge in [0.1, 0.15) is 11.5 Å². The second-order valence-corrected chi connectivity index (χ2v) is 16.6. The molecule has 0 saturated carbocycles. The molecule has 0 atom stereocenters. The third-order valence-corrected chi connectivity index (χ3v) is 13.7. The summed E-state index contributed by atoms with van der Waals surface area (Å²) in [5.74, 6) is 1.81. The number of ether oxygens (including phenoxy) is 1. The van der Waals surface area contributed by atoms with Crippen LogP contribution < -0.4 is 21.1 Å². The molecule has 0 aliphatic carbocycles. The summed E-state index contributed by atoms with van der Waals surface area (Å²) >= 11 is 1.94. The molecule has 0 spiro atoms. The van der Waals surface area contributed by atoms with Crippen LogP contribution in [-0.4, -0.2) is 11.1 Å². The van der Waals surface area contributed by atoms with Gasteiger partial charge in [-0.15, -0.1) is 11.3 Å². The van der Waals surface area contributed by atoms with Crippen molar-refractivity contribution in [2.24, 2.45) is 0 Å². The molecule has 3 aromatic heterocycles. The summed E-state index contributed by atoms with van der Waals surface area (Å²) in [5, 5.41) is 7.94. The zero-order valence-electron chi connectivity index (χ0n) is 31.3. The molecule has 4 heteroatoms. The van der Waals surface area contributed by atoms with Crippen molar-refractivity contribution in [3.05, 3.63) is 194 Å². The third kappa shape index (κ3) is 4.55. The first kappa shape index (κ1) is 32.0. The van der Waals surface area contributed by atoms with Crippen LogP contribution in [0.15, 0.2) is 194 Å². The van der Waals surface area contributed by atoms with Gasteiger partial charge in [-0.25, -0.2) is 0 Å². The van der Waals surface area contributed by atoms with E-state index in [0.717, 1.165) is 11.5 Å². The Balaban J connectivity index is 1.03. The van der Waals surface area contributed by atoms with Crippen LogP contribution >= 0.6 is 11.3 Å². The summed E-state index contributed by atoms with van der Waals surface area (Å²) < 4.78 is 11.9. The average Bonchev–Trinajstić information content (AvgIpc) is 3.95. The van der Waals surface area contributed by atoms with E-state index in [1.807, 2.05) is 11.3 Å². The van der Waals surface area contributed by atoms with Crippen LogP contribution in [0.3, 0.4) is 0 Å². The lowest BCUT2D eigenvalue weighted by atomic mass is 9.35. The molecule has 0 radical (unpaired) electrons. The standard InChI is InChI=1S/C54H32BNOS/c1-3-13-33(14-4-1)35-25-27-49-45(30-35)55(46-31-36(26-28-50(46)57-49)34-15-5-2-6-16-34)38-18-11-17-37(29-38)39-21-12-22-41-44-32-43-40-19-7-9-23-47(40)56-48-24-10-8-20-42(48)51(52(43)56)54(44)58-53(39)41/h1-32H. The second-order valence-electron chi connectivity index (χ2n) is 15.6. The van der Waals surface area contributed by atoms with Crippen LogP contribution in [0.2, 0.25) is 0 Å². The predicted molar refractivity (Wildman–Crippen MR) is 248 cm³/mol. The highest BCUT2D eigenvalue weighted by Gasteiger charge is 2.33. The molecule has 4 heterocycles. The molecule has 1 aliphatic heterocycles. The molecule has 0 saturated heterocycles. The number of benzene rings is 9. The molecule has 58 heavy (non-hydrogen) atoms. The number of nitrogens with zero attached hydrogens (tertiary/aromatic N) is 1. The average molecular weight is 754 g/mol. The summed E-state index contributed by atoms with van der Waals surface area (Å²) in [6, 6.07) is 71.1.